The van der Waals surface area contributed by atoms with Gasteiger partial charge in [-0.3, -0.25) is 9.59 Å². The third kappa shape index (κ3) is 3.85. The minimum atomic E-state index is -0.553. The van der Waals surface area contributed by atoms with Gasteiger partial charge in [0.05, 0.1) is 6.42 Å². The lowest BCUT2D eigenvalue weighted by Crippen LogP contribution is -2.09. The van der Waals surface area contributed by atoms with E-state index >= 15 is 0 Å². The van der Waals surface area contributed by atoms with Crippen LogP contribution in [0.1, 0.15) is 18.9 Å². The van der Waals surface area contributed by atoms with Gasteiger partial charge >= 0.3 is 11.9 Å². The van der Waals surface area contributed by atoms with Crippen LogP contribution in [0.2, 0.25) is 0 Å². The number of hydrogen-bond donors (Lipinski definition) is 0. The van der Waals surface area contributed by atoms with Crippen molar-refractivity contribution in [1.82, 2.24) is 0 Å². The van der Waals surface area contributed by atoms with Crippen LogP contribution in [0.4, 0.5) is 0 Å². The van der Waals surface area contributed by atoms with Gasteiger partial charge in [0.2, 0.25) is 0 Å². The SMILES string of the molecule is CC(=O)OC(=O)CCc1ccccc1. The van der Waals surface area contributed by atoms with Gasteiger partial charge in [-0.2, -0.15) is 0 Å². The molecule has 0 spiro atoms. The van der Waals surface area contributed by atoms with E-state index in [9.17, 15) is 9.59 Å². The molecule has 14 heavy (non-hydrogen) atoms. The molecule has 74 valence electrons. The first-order chi connectivity index (χ1) is 6.68. The Morgan fingerprint density at radius 1 is 1.21 bits per heavy atom. The highest BCUT2D eigenvalue weighted by atomic mass is 16.6. The van der Waals surface area contributed by atoms with Crippen molar-refractivity contribution in [2.45, 2.75) is 19.8 Å². The van der Waals surface area contributed by atoms with E-state index in [-0.39, 0.29) is 6.42 Å². The van der Waals surface area contributed by atoms with E-state index in [2.05, 4.69) is 4.74 Å². The number of hydrogen-bond acceptors (Lipinski definition) is 3. The second-order valence-electron chi connectivity index (χ2n) is 2.95. The summed E-state index contributed by atoms with van der Waals surface area (Å²) in [5.74, 6) is -1.02. The van der Waals surface area contributed by atoms with Crippen LogP contribution in [0.15, 0.2) is 30.3 Å². The number of ether oxygens (including phenoxy) is 1. The molecule has 0 aliphatic carbocycles. The van der Waals surface area contributed by atoms with E-state index in [1.807, 2.05) is 30.3 Å². The standard InChI is InChI=1S/C11H12O3/c1-9(12)14-11(13)8-7-10-5-3-2-4-6-10/h2-6H,7-8H2,1H3. The molecular formula is C11H12O3. The summed E-state index contributed by atoms with van der Waals surface area (Å²) in [6, 6.07) is 9.59. The van der Waals surface area contributed by atoms with Gasteiger partial charge < -0.3 is 4.74 Å². The molecular weight excluding hydrogens is 180 g/mol. The van der Waals surface area contributed by atoms with Gasteiger partial charge in [0.15, 0.2) is 0 Å². The third-order valence-corrected chi connectivity index (χ3v) is 1.72. The van der Waals surface area contributed by atoms with Gasteiger partial charge in [0.1, 0.15) is 0 Å². The molecule has 0 aromatic heterocycles. The van der Waals surface area contributed by atoms with Gasteiger partial charge in [-0.15, -0.1) is 0 Å². The van der Waals surface area contributed by atoms with Crippen molar-refractivity contribution in [3.63, 3.8) is 0 Å². The summed E-state index contributed by atoms with van der Waals surface area (Å²) in [6.07, 6.45) is 0.844. The number of rotatable bonds is 3. The molecule has 0 heterocycles. The highest BCUT2D eigenvalue weighted by Crippen LogP contribution is 2.03. The third-order valence-electron chi connectivity index (χ3n) is 1.72. The number of aryl methyl sites for hydroxylation is 1. The summed E-state index contributed by atoms with van der Waals surface area (Å²) in [5.41, 5.74) is 1.06. The molecule has 0 unspecified atom stereocenters. The fourth-order valence-electron chi connectivity index (χ4n) is 1.10. The lowest BCUT2D eigenvalue weighted by molar-refractivity contribution is -0.157. The molecule has 3 heteroatoms. The van der Waals surface area contributed by atoms with Crippen molar-refractivity contribution in [3.8, 4) is 0 Å². The van der Waals surface area contributed by atoms with Crippen LogP contribution in [-0.4, -0.2) is 11.9 Å². The monoisotopic (exact) mass is 192 g/mol. The van der Waals surface area contributed by atoms with Crippen LogP contribution in [-0.2, 0) is 20.7 Å². The predicted molar refractivity (Wildman–Crippen MR) is 51.5 cm³/mol. The fourth-order valence-corrected chi connectivity index (χ4v) is 1.10. The molecule has 0 amide bonds. The molecule has 0 saturated heterocycles. The van der Waals surface area contributed by atoms with E-state index < -0.39 is 11.9 Å². The first-order valence-corrected chi connectivity index (χ1v) is 4.43. The number of benzene rings is 1. The second kappa shape index (κ2) is 5.17. The lowest BCUT2D eigenvalue weighted by Gasteiger charge is -2.00. The van der Waals surface area contributed by atoms with Crippen LogP contribution in [0.5, 0.6) is 0 Å². The van der Waals surface area contributed by atoms with Crippen LogP contribution in [0.25, 0.3) is 0 Å². The quantitative estimate of drug-likeness (QED) is 0.541. The molecule has 3 nitrogen and oxygen atoms in total. The zero-order valence-electron chi connectivity index (χ0n) is 8.03. The van der Waals surface area contributed by atoms with Crippen LogP contribution in [0, 0.1) is 0 Å². The van der Waals surface area contributed by atoms with E-state index in [0.29, 0.717) is 6.42 Å². The molecule has 0 atom stereocenters. The van der Waals surface area contributed by atoms with Crippen molar-refractivity contribution in [1.29, 1.82) is 0 Å². The van der Waals surface area contributed by atoms with E-state index in [4.69, 9.17) is 0 Å². The maximum atomic E-state index is 11.0. The normalized spacial score (nSPS) is 9.50. The molecule has 0 N–H and O–H groups in total. The van der Waals surface area contributed by atoms with Gasteiger partial charge in [-0.1, -0.05) is 30.3 Å². The van der Waals surface area contributed by atoms with Gasteiger partial charge in [0, 0.05) is 6.92 Å². The molecule has 0 aliphatic heterocycles. The number of carbonyl (C=O) groups is 2. The smallest absolute Gasteiger partial charge is 0.313 e. The number of carbonyl (C=O) groups excluding carboxylic acids is 2. The lowest BCUT2D eigenvalue weighted by atomic mass is 10.1. The molecule has 0 fully saturated rings. The molecule has 0 aliphatic rings. The Balaban J connectivity index is 2.34. The Labute approximate surface area is 82.7 Å². The van der Waals surface area contributed by atoms with Gasteiger partial charge in [-0.05, 0) is 12.0 Å². The van der Waals surface area contributed by atoms with Crippen molar-refractivity contribution in [3.05, 3.63) is 35.9 Å². The Bertz CT molecular complexity index is 317. The molecule has 0 radical (unpaired) electrons. The zero-order valence-corrected chi connectivity index (χ0v) is 8.03. The largest absolute Gasteiger partial charge is 0.393 e. The maximum absolute atomic E-state index is 11.0. The van der Waals surface area contributed by atoms with Crippen LogP contribution in [0.3, 0.4) is 0 Å². The van der Waals surface area contributed by atoms with Crippen molar-refractivity contribution in [2.24, 2.45) is 0 Å². The molecule has 1 rings (SSSR count). The summed E-state index contributed by atoms with van der Waals surface area (Å²) >= 11 is 0. The highest BCUT2D eigenvalue weighted by molar-refractivity contribution is 5.84. The second-order valence-corrected chi connectivity index (χ2v) is 2.95. The van der Waals surface area contributed by atoms with E-state index in [0.717, 1.165) is 5.56 Å². The first-order valence-electron chi connectivity index (χ1n) is 4.43. The number of esters is 2. The minimum absolute atomic E-state index is 0.240. The summed E-state index contributed by atoms with van der Waals surface area (Å²) in [4.78, 5) is 21.4. The average molecular weight is 192 g/mol. The summed E-state index contributed by atoms with van der Waals surface area (Å²) in [5, 5.41) is 0. The Hall–Kier alpha value is -1.64. The summed E-state index contributed by atoms with van der Waals surface area (Å²) in [6.45, 7) is 1.22. The van der Waals surface area contributed by atoms with E-state index in [1.54, 1.807) is 0 Å². The van der Waals surface area contributed by atoms with Crippen molar-refractivity contribution >= 4 is 11.9 Å². The Morgan fingerprint density at radius 3 is 2.43 bits per heavy atom. The first kappa shape index (κ1) is 10.4. The fraction of sp³-hybridized carbons (Fsp3) is 0.273. The molecule has 1 aromatic carbocycles. The highest BCUT2D eigenvalue weighted by Gasteiger charge is 2.05. The Morgan fingerprint density at radius 2 is 1.86 bits per heavy atom. The van der Waals surface area contributed by atoms with Crippen LogP contribution >= 0.6 is 0 Å². The predicted octanol–water partition coefficient (Wildman–Crippen LogP) is 1.71. The average Bonchev–Trinajstić information content (AvgIpc) is 2.15. The van der Waals surface area contributed by atoms with Gasteiger partial charge in [0.25, 0.3) is 0 Å². The van der Waals surface area contributed by atoms with Crippen LogP contribution < -0.4 is 0 Å². The van der Waals surface area contributed by atoms with Crippen molar-refractivity contribution < 1.29 is 14.3 Å². The molecule has 0 bridgehead atoms. The Kier molecular flexibility index (Phi) is 3.85. The summed E-state index contributed by atoms with van der Waals surface area (Å²) < 4.78 is 4.39. The van der Waals surface area contributed by atoms with E-state index in [1.165, 1.54) is 6.92 Å². The maximum Gasteiger partial charge on any atom is 0.313 e. The molecule has 0 saturated carbocycles. The minimum Gasteiger partial charge on any atom is -0.393 e. The topological polar surface area (TPSA) is 43.4 Å². The zero-order chi connectivity index (χ0) is 10.4. The molecule has 1 aromatic rings. The van der Waals surface area contributed by atoms with Gasteiger partial charge in [-0.25, -0.2) is 0 Å². The summed E-state index contributed by atoms with van der Waals surface area (Å²) in [7, 11) is 0. The van der Waals surface area contributed by atoms with Crippen molar-refractivity contribution in [2.75, 3.05) is 0 Å².